The van der Waals surface area contributed by atoms with Gasteiger partial charge in [0, 0.05) is 25.4 Å². The summed E-state index contributed by atoms with van der Waals surface area (Å²) in [5.74, 6) is 0.487. The van der Waals surface area contributed by atoms with Gasteiger partial charge in [-0.3, -0.25) is 9.69 Å². The molecular weight excluding hydrogens is 351 g/mol. The lowest BCUT2D eigenvalue weighted by Crippen LogP contribution is -2.35. The minimum atomic E-state index is -1.15. The number of nitrogens with zero attached hydrogens (tertiary/aromatic N) is 1. The largest absolute Gasteiger partial charge is 0.495 e. The molecule has 2 N–H and O–H groups in total. The summed E-state index contributed by atoms with van der Waals surface area (Å²) >= 11 is 0. The van der Waals surface area contributed by atoms with Crippen molar-refractivity contribution in [1.82, 2.24) is 10.2 Å². The first-order valence-corrected chi connectivity index (χ1v) is 9.04. The molecule has 2 heterocycles. The molecule has 0 bridgehead atoms. The molecule has 0 aromatic heterocycles. The van der Waals surface area contributed by atoms with E-state index in [0.29, 0.717) is 11.2 Å². The first-order valence-electron chi connectivity index (χ1n) is 9.04. The summed E-state index contributed by atoms with van der Waals surface area (Å²) < 4.78 is 16.9. The van der Waals surface area contributed by atoms with Crippen molar-refractivity contribution < 1.29 is 28.7 Å². The van der Waals surface area contributed by atoms with E-state index in [1.165, 1.54) is 6.92 Å². The lowest BCUT2D eigenvalue weighted by molar-refractivity contribution is -0.128. The third-order valence-electron chi connectivity index (χ3n) is 4.94. The molecule has 144 valence electrons. The Morgan fingerprint density at radius 2 is 2.19 bits per heavy atom. The van der Waals surface area contributed by atoms with Crippen molar-refractivity contribution in [1.29, 1.82) is 0 Å². The van der Waals surface area contributed by atoms with Gasteiger partial charge in [0.25, 0.3) is 0 Å². The van der Waals surface area contributed by atoms with E-state index in [9.17, 15) is 14.6 Å². The highest BCUT2D eigenvalue weighted by molar-refractivity contribution is 6.62. The summed E-state index contributed by atoms with van der Waals surface area (Å²) in [4.78, 5) is 25.1. The molecule has 8 nitrogen and oxygen atoms in total. The van der Waals surface area contributed by atoms with Crippen LogP contribution in [0.1, 0.15) is 45.8 Å². The number of nitrogens with one attached hydrogen (secondary N) is 1. The summed E-state index contributed by atoms with van der Waals surface area (Å²) in [5, 5.41) is 13.0. The summed E-state index contributed by atoms with van der Waals surface area (Å²) in [6, 6.07) is 5.53. The van der Waals surface area contributed by atoms with Crippen LogP contribution >= 0.6 is 0 Å². The van der Waals surface area contributed by atoms with E-state index < -0.39 is 30.6 Å². The van der Waals surface area contributed by atoms with Crippen LogP contribution in [0.2, 0.25) is 0 Å². The second-order valence-electron chi connectivity index (χ2n) is 8.17. The Kier molecular flexibility index (Phi) is 3.94. The van der Waals surface area contributed by atoms with Crippen LogP contribution in [-0.4, -0.2) is 53.0 Å². The van der Waals surface area contributed by atoms with Gasteiger partial charge in [-0.15, -0.1) is 0 Å². The molecule has 4 rings (SSSR count). The van der Waals surface area contributed by atoms with Crippen molar-refractivity contribution >= 4 is 24.6 Å². The standard InChI is InChI=1S/C18H23BN2O6/c1-10(22)21-14-8-18(14,21)25-12-7-5-6-11-13(27-19(24)15(11)12)9-20-16(23)26-17(2,3)4/h5-7,13-14,24H,8-9H2,1-4H3,(H,20,23). The number of amides is 2. The molecule has 3 aliphatic rings. The van der Waals surface area contributed by atoms with Crippen LogP contribution in [0.4, 0.5) is 4.79 Å². The van der Waals surface area contributed by atoms with Crippen molar-refractivity contribution in [3.8, 4) is 5.75 Å². The first-order chi connectivity index (χ1) is 12.6. The summed E-state index contributed by atoms with van der Waals surface area (Å²) in [6.07, 6.45) is -0.255. The normalized spacial score (nSPS) is 27.6. The average molecular weight is 374 g/mol. The number of fused-ring (bicyclic) bond motifs is 2. The number of benzene rings is 1. The fraction of sp³-hybridized carbons (Fsp3) is 0.556. The van der Waals surface area contributed by atoms with Crippen molar-refractivity contribution in [2.45, 2.75) is 57.6 Å². The van der Waals surface area contributed by atoms with Crippen LogP contribution in [-0.2, 0) is 14.2 Å². The van der Waals surface area contributed by atoms with Crippen molar-refractivity contribution in [3.63, 3.8) is 0 Å². The number of hydrogen-bond acceptors (Lipinski definition) is 6. The van der Waals surface area contributed by atoms with Gasteiger partial charge in [-0.1, -0.05) is 12.1 Å². The lowest BCUT2D eigenvalue weighted by Gasteiger charge is -2.21. The van der Waals surface area contributed by atoms with E-state index in [4.69, 9.17) is 14.1 Å². The molecule has 1 saturated carbocycles. The van der Waals surface area contributed by atoms with E-state index in [-0.39, 0.29) is 18.5 Å². The molecule has 3 atom stereocenters. The topological polar surface area (TPSA) is 97.1 Å². The summed E-state index contributed by atoms with van der Waals surface area (Å²) in [6.45, 7) is 7.04. The van der Waals surface area contributed by atoms with Gasteiger partial charge in [0.1, 0.15) is 17.4 Å². The van der Waals surface area contributed by atoms with Gasteiger partial charge < -0.3 is 24.5 Å². The monoisotopic (exact) mass is 374 g/mol. The van der Waals surface area contributed by atoms with Gasteiger partial charge in [0.2, 0.25) is 11.6 Å². The zero-order valence-corrected chi connectivity index (χ0v) is 15.8. The molecule has 1 aliphatic carbocycles. The van der Waals surface area contributed by atoms with Crippen LogP contribution in [0, 0.1) is 0 Å². The van der Waals surface area contributed by atoms with Gasteiger partial charge in [-0.2, -0.15) is 0 Å². The molecular formula is C18H23BN2O6. The maximum Gasteiger partial charge on any atom is 0.495 e. The fourth-order valence-electron chi connectivity index (χ4n) is 3.64. The van der Waals surface area contributed by atoms with Crippen LogP contribution in [0.15, 0.2) is 18.2 Å². The first kappa shape index (κ1) is 18.1. The second-order valence-corrected chi connectivity index (χ2v) is 8.17. The molecule has 27 heavy (non-hydrogen) atoms. The Balaban J connectivity index is 1.45. The molecule has 2 fully saturated rings. The highest BCUT2D eigenvalue weighted by Crippen LogP contribution is 2.63. The van der Waals surface area contributed by atoms with Crippen LogP contribution in [0.25, 0.3) is 0 Å². The van der Waals surface area contributed by atoms with Crippen molar-refractivity contribution in [2.24, 2.45) is 0 Å². The highest BCUT2D eigenvalue weighted by atomic mass is 16.6. The minimum absolute atomic E-state index is 0.0185. The predicted octanol–water partition coefficient (Wildman–Crippen LogP) is 0.680. The number of hydrogen-bond donors (Lipinski definition) is 2. The Morgan fingerprint density at radius 1 is 1.44 bits per heavy atom. The molecule has 0 radical (unpaired) electrons. The number of likely N-dealkylation sites (tertiary alicyclic amines) is 1. The quantitative estimate of drug-likeness (QED) is 0.594. The van der Waals surface area contributed by atoms with Crippen LogP contribution < -0.4 is 15.5 Å². The second kappa shape index (κ2) is 5.87. The minimum Gasteiger partial charge on any atom is -0.466 e. The summed E-state index contributed by atoms with van der Waals surface area (Å²) in [7, 11) is -1.15. The maximum atomic E-state index is 11.9. The highest BCUT2D eigenvalue weighted by Gasteiger charge is 2.83. The lowest BCUT2D eigenvalue weighted by atomic mass is 9.78. The van der Waals surface area contributed by atoms with E-state index in [2.05, 4.69) is 5.32 Å². The van der Waals surface area contributed by atoms with E-state index in [1.54, 1.807) is 31.7 Å². The Bertz CT molecular complexity index is 810. The van der Waals surface area contributed by atoms with Gasteiger partial charge >= 0.3 is 13.2 Å². The molecule has 1 aromatic rings. The predicted molar refractivity (Wildman–Crippen MR) is 96.4 cm³/mol. The van der Waals surface area contributed by atoms with E-state index in [0.717, 1.165) is 12.0 Å². The zero-order valence-electron chi connectivity index (χ0n) is 15.8. The Morgan fingerprint density at radius 3 is 2.78 bits per heavy atom. The summed E-state index contributed by atoms with van der Waals surface area (Å²) in [5.41, 5.74) is 0.156. The molecule has 2 amide bonds. The molecule has 2 aliphatic heterocycles. The number of ether oxygens (including phenoxy) is 2. The molecule has 1 saturated heterocycles. The van der Waals surface area contributed by atoms with Gasteiger partial charge in [-0.05, 0) is 32.4 Å². The Hall–Kier alpha value is -2.26. The van der Waals surface area contributed by atoms with Crippen molar-refractivity contribution in [3.05, 3.63) is 23.8 Å². The molecule has 3 unspecified atom stereocenters. The molecule has 0 spiro atoms. The molecule has 9 heteroatoms. The fourth-order valence-corrected chi connectivity index (χ4v) is 3.64. The third kappa shape index (κ3) is 3.15. The van der Waals surface area contributed by atoms with Crippen LogP contribution in [0.5, 0.6) is 5.75 Å². The Labute approximate surface area is 157 Å². The van der Waals surface area contributed by atoms with Gasteiger partial charge in [-0.25, -0.2) is 4.79 Å². The van der Waals surface area contributed by atoms with Crippen LogP contribution in [0.3, 0.4) is 0 Å². The van der Waals surface area contributed by atoms with Crippen molar-refractivity contribution in [2.75, 3.05) is 6.54 Å². The third-order valence-corrected chi connectivity index (χ3v) is 4.94. The van der Waals surface area contributed by atoms with Gasteiger partial charge in [0.05, 0.1) is 6.10 Å². The average Bonchev–Trinajstić information content (AvgIpc) is 3.34. The zero-order chi connectivity index (χ0) is 19.6. The van der Waals surface area contributed by atoms with E-state index in [1.807, 2.05) is 12.1 Å². The number of alkyl carbamates (subject to hydrolysis) is 1. The SMILES string of the molecule is CC(=O)N1C2CC21Oc1cccc2c1B(O)OC2CNC(=O)OC(C)(C)C. The smallest absolute Gasteiger partial charge is 0.466 e. The van der Waals surface area contributed by atoms with E-state index >= 15 is 0 Å². The van der Waals surface area contributed by atoms with Gasteiger partial charge in [0.15, 0.2) is 0 Å². The molecule has 1 aromatic carbocycles. The maximum absolute atomic E-state index is 11.9. The number of carbonyl (C=O) groups excluding carboxylic acids is 2. The number of rotatable bonds is 4. The number of carbonyl (C=O) groups is 2.